The molecule has 0 saturated carbocycles. The first-order valence-corrected chi connectivity index (χ1v) is 4.75. The number of aromatic nitrogens is 3. The summed E-state index contributed by atoms with van der Waals surface area (Å²) in [6, 6.07) is 1.69. The Morgan fingerprint density at radius 1 is 1.19 bits per heavy atom. The number of rotatable bonds is 3. The summed E-state index contributed by atoms with van der Waals surface area (Å²) in [5, 5.41) is 10.1. The molecule has 5 nitrogen and oxygen atoms in total. The zero-order valence-corrected chi connectivity index (χ0v) is 8.74. The highest BCUT2D eigenvalue weighted by Gasteiger charge is 2.16. The third kappa shape index (κ3) is 1.99. The average molecular weight is 217 g/mol. The molecule has 1 atom stereocenters. The second-order valence-corrected chi connectivity index (χ2v) is 3.15. The number of ether oxygens (including phenoxy) is 1. The minimum atomic E-state index is -0.855. The van der Waals surface area contributed by atoms with Crippen LogP contribution in [0.5, 0.6) is 5.75 Å². The van der Waals surface area contributed by atoms with Crippen LogP contribution in [0.3, 0.4) is 0 Å². The van der Waals surface area contributed by atoms with Gasteiger partial charge in [0.25, 0.3) is 0 Å². The van der Waals surface area contributed by atoms with Gasteiger partial charge in [0.05, 0.1) is 25.2 Å². The standard InChI is InChI=1S/C11H11N3O2/c1-16-10-7-12-3-2-8(10)11(15)9-6-13-4-5-14-9/h2-7,11,15H,1H3. The first-order valence-electron chi connectivity index (χ1n) is 4.75. The van der Waals surface area contributed by atoms with E-state index in [0.29, 0.717) is 17.0 Å². The van der Waals surface area contributed by atoms with E-state index in [2.05, 4.69) is 15.0 Å². The third-order valence-electron chi connectivity index (χ3n) is 2.19. The number of aliphatic hydroxyl groups is 1. The predicted octanol–water partition coefficient (Wildman–Crippen LogP) is 0.962. The summed E-state index contributed by atoms with van der Waals surface area (Å²) in [5.74, 6) is 0.528. The van der Waals surface area contributed by atoms with Crippen LogP contribution in [0.15, 0.2) is 37.1 Å². The van der Waals surface area contributed by atoms with Gasteiger partial charge < -0.3 is 9.84 Å². The zero-order chi connectivity index (χ0) is 11.4. The van der Waals surface area contributed by atoms with Gasteiger partial charge >= 0.3 is 0 Å². The van der Waals surface area contributed by atoms with Gasteiger partial charge in [-0.1, -0.05) is 0 Å². The van der Waals surface area contributed by atoms with Gasteiger partial charge in [0.2, 0.25) is 0 Å². The Labute approximate surface area is 92.8 Å². The molecule has 16 heavy (non-hydrogen) atoms. The van der Waals surface area contributed by atoms with Crippen molar-refractivity contribution < 1.29 is 9.84 Å². The molecule has 5 heteroatoms. The number of pyridine rings is 1. The molecule has 2 aromatic heterocycles. The first kappa shape index (κ1) is 10.5. The van der Waals surface area contributed by atoms with Gasteiger partial charge in [-0.15, -0.1) is 0 Å². The summed E-state index contributed by atoms with van der Waals surface area (Å²) in [6.45, 7) is 0. The van der Waals surface area contributed by atoms with Crippen LogP contribution in [-0.4, -0.2) is 27.2 Å². The van der Waals surface area contributed by atoms with Crippen molar-refractivity contribution in [3.63, 3.8) is 0 Å². The molecule has 0 aliphatic rings. The fourth-order valence-corrected chi connectivity index (χ4v) is 1.40. The van der Waals surface area contributed by atoms with Crippen molar-refractivity contribution in [3.05, 3.63) is 48.3 Å². The second kappa shape index (κ2) is 4.67. The predicted molar refractivity (Wildman–Crippen MR) is 56.9 cm³/mol. The normalized spacial score (nSPS) is 12.1. The molecule has 0 aliphatic carbocycles. The van der Waals surface area contributed by atoms with Crippen molar-refractivity contribution in [3.8, 4) is 5.75 Å². The molecule has 0 radical (unpaired) electrons. The number of hydrogen-bond acceptors (Lipinski definition) is 5. The van der Waals surface area contributed by atoms with E-state index in [9.17, 15) is 5.11 Å². The Morgan fingerprint density at radius 3 is 2.69 bits per heavy atom. The van der Waals surface area contributed by atoms with E-state index in [-0.39, 0.29) is 0 Å². The zero-order valence-electron chi connectivity index (χ0n) is 8.74. The molecule has 82 valence electrons. The number of nitrogens with zero attached hydrogens (tertiary/aromatic N) is 3. The van der Waals surface area contributed by atoms with Crippen molar-refractivity contribution in [1.29, 1.82) is 0 Å². The molecule has 0 aliphatic heterocycles. The van der Waals surface area contributed by atoms with E-state index >= 15 is 0 Å². The molecule has 1 N–H and O–H groups in total. The smallest absolute Gasteiger partial charge is 0.143 e. The van der Waals surface area contributed by atoms with Crippen molar-refractivity contribution in [2.75, 3.05) is 7.11 Å². The van der Waals surface area contributed by atoms with E-state index in [1.54, 1.807) is 24.7 Å². The number of hydrogen-bond donors (Lipinski definition) is 1. The minimum Gasteiger partial charge on any atom is -0.495 e. The number of aliphatic hydroxyl groups excluding tert-OH is 1. The fourth-order valence-electron chi connectivity index (χ4n) is 1.40. The van der Waals surface area contributed by atoms with Gasteiger partial charge in [0, 0.05) is 24.2 Å². The van der Waals surface area contributed by atoms with Crippen molar-refractivity contribution in [2.24, 2.45) is 0 Å². The molecule has 1 unspecified atom stereocenters. The van der Waals surface area contributed by atoms with Crippen LogP contribution < -0.4 is 4.74 Å². The molecule has 0 aromatic carbocycles. The molecular formula is C11H11N3O2. The summed E-state index contributed by atoms with van der Waals surface area (Å²) in [7, 11) is 1.53. The summed E-state index contributed by atoms with van der Waals surface area (Å²) in [5.41, 5.74) is 1.10. The molecular weight excluding hydrogens is 206 g/mol. The highest BCUT2D eigenvalue weighted by atomic mass is 16.5. The molecule has 2 aromatic rings. The maximum atomic E-state index is 10.1. The lowest BCUT2D eigenvalue weighted by Crippen LogP contribution is -2.05. The van der Waals surface area contributed by atoms with E-state index < -0.39 is 6.10 Å². The summed E-state index contributed by atoms with van der Waals surface area (Å²) in [6.07, 6.45) is 6.90. The first-order chi connectivity index (χ1) is 7.83. The second-order valence-electron chi connectivity index (χ2n) is 3.15. The fraction of sp³-hybridized carbons (Fsp3) is 0.182. The molecule has 0 spiro atoms. The van der Waals surface area contributed by atoms with Gasteiger partial charge in [-0.3, -0.25) is 15.0 Å². The van der Waals surface area contributed by atoms with E-state index in [1.807, 2.05) is 0 Å². The molecule has 0 saturated heterocycles. The van der Waals surface area contributed by atoms with Gasteiger partial charge in [-0.2, -0.15) is 0 Å². The van der Waals surface area contributed by atoms with Crippen molar-refractivity contribution in [2.45, 2.75) is 6.10 Å². The van der Waals surface area contributed by atoms with Gasteiger partial charge in [-0.25, -0.2) is 0 Å². The van der Waals surface area contributed by atoms with E-state index in [0.717, 1.165) is 0 Å². The van der Waals surface area contributed by atoms with Crippen molar-refractivity contribution >= 4 is 0 Å². The number of methoxy groups -OCH3 is 1. The Bertz CT molecular complexity index is 462. The van der Waals surface area contributed by atoms with Crippen LogP contribution in [0.4, 0.5) is 0 Å². The van der Waals surface area contributed by atoms with Crippen molar-refractivity contribution in [1.82, 2.24) is 15.0 Å². The summed E-state index contributed by atoms with van der Waals surface area (Å²) in [4.78, 5) is 11.9. The highest BCUT2D eigenvalue weighted by Crippen LogP contribution is 2.27. The van der Waals surface area contributed by atoms with Gasteiger partial charge in [-0.05, 0) is 6.07 Å². The SMILES string of the molecule is COc1cnccc1C(O)c1cnccn1. The Kier molecular flexibility index (Phi) is 3.07. The lowest BCUT2D eigenvalue weighted by Gasteiger charge is -2.12. The van der Waals surface area contributed by atoms with Crippen LogP contribution >= 0.6 is 0 Å². The average Bonchev–Trinajstić information content (AvgIpc) is 2.39. The highest BCUT2D eigenvalue weighted by molar-refractivity contribution is 5.35. The van der Waals surface area contributed by atoms with Gasteiger partial charge in [0.15, 0.2) is 0 Å². The largest absolute Gasteiger partial charge is 0.495 e. The summed E-state index contributed by atoms with van der Waals surface area (Å²) >= 11 is 0. The van der Waals surface area contributed by atoms with E-state index in [1.165, 1.54) is 19.5 Å². The van der Waals surface area contributed by atoms with Crippen LogP contribution in [-0.2, 0) is 0 Å². The van der Waals surface area contributed by atoms with Gasteiger partial charge in [0.1, 0.15) is 11.9 Å². The van der Waals surface area contributed by atoms with E-state index in [4.69, 9.17) is 4.74 Å². The maximum absolute atomic E-state index is 10.1. The van der Waals surface area contributed by atoms with Crippen LogP contribution in [0.1, 0.15) is 17.4 Å². The quantitative estimate of drug-likeness (QED) is 0.829. The summed E-state index contributed by atoms with van der Waals surface area (Å²) < 4.78 is 5.12. The molecule has 2 heterocycles. The molecule has 2 rings (SSSR count). The maximum Gasteiger partial charge on any atom is 0.143 e. The van der Waals surface area contributed by atoms with Crippen LogP contribution in [0.25, 0.3) is 0 Å². The molecule has 0 amide bonds. The lowest BCUT2D eigenvalue weighted by molar-refractivity contribution is 0.209. The Balaban J connectivity index is 2.37. The Morgan fingerprint density at radius 2 is 2.00 bits per heavy atom. The minimum absolute atomic E-state index is 0.479. The molecule has 0 fully saturated rings. The van der Waals surface area contributed by atoms with Crippen LogP contribution in [0, 0.1) is 0 Å². The molecule has 0 bridgehead atoms. The third-order valence-corrected chi connectivity index (χ3v) is 2.19. The monoisotopic (exact) mass is 217 g/mol. The topological polar surface area (TPSA) is 68.1 Å². The lowest BCUT2D eigenvalue weighted by atomic mass is 10.1. The van der Waals surface area contributed by atoms with Crippen LogP contribution in [0.2, 0.25) is 0 Å². The Hall–Kier alpha value is -2.01.